The molecule has 7 nitrogen and oxygen atoms in total. The standard InChI is InChI=1S/C19H27NO6S/c1-5-6-7-10-26-16(22)11-20-15(21)12-27-19(20)13-8-9-14(23-2)18(25-4)17(13)24-3/h8-9,19H,5-7,10-12H2,1-4H3. The van der Waals surface area contributed by atoms with Crippen LogP contribution in [0.4, 0.5) is 0 Å². The Kier molecular flexibility index (Phi) is 8.09. The molecule has 0 radical (unpaired) electrons. The van der Waals surface area contributed by atoms with Crippen LogP contribution in [0, 0.1) is 0 Å². The van der Waals surface area contributed by atoms with E-state index in [1.165, 1.54) is 30.9 Å². The van der Waals surface area contributed by atoms with E-state index in [4.69, 9.17) is 18.9 Å². The lowest BCUT2D eigenvalue weighted by atomic mass is 10.1. The molecular weight excluding hydrogens is 370 g/mol. The first-order valence-corrected chi connectivity index (χ1v) is 9.97. The predicted octanol–water partition coefficient (Wildman–Crippen LogP) is 3.02. The lowest BCUT2D eigenvalue weighted by molar-refractivity contribution is -0.148. The first-order chi connectivity index (χ1) is 13.1. The number of hydrogen-bond donors (Lipinski definition) is 0. The molecule has 27 heavy (non-hydrogen) atoms. The molecule has 0 aromatic heterocycles. The number of hydrogen-bond acceptors (Lipinski definition) is 7. The van der Waals surface area contributed by atoms with Crippen molar-refractivity contribution in [3.63, 3.8) is 0 Å². The van der Waals surface area contributed by atoms with Crippen molar-refractivity contribution < 1.29 is 28.5 Å². The number of ether oxygens (including phenoxy) is 4. The number of esters is 1. The minimum absolute atomic E-state index is 0.0832. The Morgan fingerprint density at radius 1 is 1.15 bits per heavy atom. The van der Waals surface area contributed by atoms with Crippen LogP contribution in [0.2, 0.25) is 0 Å². The summed E-state index contributed by atoms with van der Waals surface area (Å²) in [4.78, 5) is 26.0. The van der Waals surface area contributed by atoms with E-state index in [-0.39, 0.29) is 17.8 Å². The summed E-state index contributed by atoms with van der Waals surface area (Å²) in [5.74, 6) is 1.28. The van der Waals surface area contributed by atoms with E-state index < -0.39 is 5.97 Å². The largest absolute Gasteiger partial charge is 0.493 e. The first kappa shape index (κ1) is 21.2. The van der Waals surface area contributed by atoms with E-state index in [1.54, 1.807) is 13.2 Å². The molecule has 0 N–H and O–H groups in total. The lowest BCUT2D eigenvalue weighted by Crippen LogP contribution is -2.34. The second-order valence-corrected chi connectivity index (χ2v) is 7.10. The second-order valence-electron chi connectivity index (χ2n) is 6.04. The number of carbonyl (C=O) groups is 2. The Hall–Kier alpha value is -2.09. The third kappa shape index (κ3) is 5.00. The van der Waals surface area contributed by atoms with E-state index in [9.17, 15) is 9.59 Å². The Morgan fingerprint density at radius 3 is 2.52 bits per heavy atom. The van der Waals surface area contributed by atoms with Gasteiger partial charge in [0.05, 0.1) is 33.7 Å². The molecule has 0 bridgehead atoms. The molecule has 0 spiro atoms. The van der Waals surface area contributed by atoms with Gasteiger partial charge in [0.25, 0.3) is 0 Å². The van der Waals surface area contributed by atoms with E-state index >= 15 is 0 Å². The summed E-state index contributed by atoms with van der Waals surface area (Å²) < 4.78 is 21.5. The third-order valence-electron chi connectivity index (χ3n) is 4.28. The number of nitrogens with zero attached hydrogens (tertiary/aromatic N) is 1. The van der Waals surface area contributed by atoms with Crippen LogP contribution in [-0.4, -0.2) is 57.0 Å². The Bertz CT molecular complexity index is 666. The molecule has 0 aliphatic carbocycles. The molecule has 1 unspecified atom stereocenters. The van der Waals surface area contributed by atoms with Gasteiger partial charge in [0.15, 0.2) is 11.5 Å². The molecule has 1 aromatic rings. The van der Waals surface area contributed by atoms with Crippen molar-refractivity contribution >= 4 is 23.6 Å². The molecule has 1 aliphatic rings. The highest BCUT2D eigenvalue weighted by atomic mass is 32.2. The number of rotatable bonds is 10. The highest BCUT2D eigenvalue weighted by molar-refractivity contribution is 8.00. The Labute approximate surface area is 164 Å². The summed E-state index contributed by atoms with van der Waals surface area (Å²) in [6.07, 6.45) is 2.90. The zero-order valence-corrected chi connectivity index (χ0v) is 17.1. The second kappa shape index (κ2) is 10.3. The molecular formula is C19H27NO6S. The van der Waals surface area contributed by atoms with Gasteiger partial charge < -0.3 is 23.8 Å². The van der Waals surface area contributed by atoms with Gasteiger partial charge in [0.1, 0.15) is 11.9 Å². The van der Waals surface area contributed by atoms with Crippen LogP contribution < -0.4 is 14.2 Å². The number of benzene rings is 1. The van der Waals surface area contributed by atoms with Crippen molar-refractivity contribution in [1.82, 2.24) is 4.90 Å². The topological polar surface area (TPSA) is 74.3 Å². The predicted molar refractivity (Wildman–Crippen MR) is 103 cm³/mol. The average molecular weight is 397 g/mol. The van der Waals surface area contributed by atoms with E-state index in [1.807, 2.05) is 6.07 Å². The van der Waals surface area contributed by atoms with Gasteiger partial charge in [-0.2, -0.15) is 0 Å². The highest BCUT2D eigenvalue weighted by Crippen LogP contribution is 2.48. The van der Waals surface area contributed by atoms with Crippen LogP contribution in [0.3, 0.4) is 0 Å². The van der Waals surface area contributed by atoms with Crippen LogP contribution >= 0.6 is 11.8 Å². The normalized spacial score (nSPS) is 16.4. The molecule has 150 valence electrons. The molecule has 1 aliphatic heterocycles. The Balaban J connectivity index is 2.19. The molecule has 0 saturated carbocycles. The van der Waals surface area contributed by atoms with Gasteiger partial charge in [0.2, 0.25) is 11.7 Å². The summed E-state index contributed by atoms with van der Waals surface area (Å²) in [6, 6.07) is 3.59. The van der Waals surface area contributed by atoms with Crippen molar-refractivity contribution in [3.8, 4) is 17.2 Å². The van der Waals surface area contributed by atoms with Crippen molar-refractivity contribution in [2.24, 2.45) is 0 Å². The average Bonchev–Trinajstić information content (AvgIpc) is 3.04. The van der Waals surface area contributed by atoms with Gasteiger partial charge in [0, 0.05) is 5.56 Å². The van der Waals surface area contributed by atoms with Gasteiger partial charge in [-0.15, -0.1) is 11.8 Å². The summed E-state index contributed by atoms with van der Waals surface area (Å²) in [7, 11) is 4.61. The molecule has 8 heteroatoms. The molecule has 1 amide bonds. The number of amides is 1. The van der Waals surface area contributed by atoms with E-state index in [0.717, 1.165) is 24.8 Å². The fourth-order valence-corrected chi connectivity index (χ4v) is 4.13. The number of carbonyl (C=O) groups excluding carboxylic acids is 2. The zero-order chi connectivity index (χ0) is 19.8. The SMILES string of the molecule is CCCCCOC(=O)CN1C(=O)CSC1c1ccc(OC)c(OC)c1OC. The zero-order valence-electron chi connectivity index (χ0n) is 16.3. The van der Waals surface area contributed by atoms with Gasteiger partial charge in [-0.1, -0.05) is 19.8 Å². The first-order valence-electron chi connectivity index (χ1n) is 8.92. The third-order valence-corrected chi connectivity index (χ3v) is 5.52. The molecule has 1 saturated heterocycles. The fourth-order valence-electron chi connectivity index (χ4n) is 2.92. The van der Waals surface area contributed by atoms with E-state index in [2.05, 4.69) is 6.92 Å². The molecule has 1 aromatic carbocycles. The van der Waals surface area contributed by atoms with Crippen molar-refractivity contribution in [2.75, 3.05) is 40.2 Å². The van der Waals surface area contributed by atoms with Gasteiger partial charge in [-0.3, -0.25) is 9.59 Å². The summed E-state index contributed by atoms with van der Waals surface area (Å²) in [5, 5.41) is -0.351. The minimum Gasteiger partial charge on any atom is -0.493 e. The van der Waals surface area contributed by atoms with Crippen LogP contribution in [-0.2, 0) is 14.3 Å². The summed E-state index contributed by atoms with van der Waals surface area (Å²) >= 11 is 1.44. The van der Waals surface area contributed by atoms with Crippen LogP contribution in [0.15, 0.2) is 12.1 Å². The molecule has 1 fully saturated rings. The maximum absolute atomic E-state index is 12.3. The minimum atomic E-state index is -0.397. The van der Waals surface area contributed by atoms with Crippen molar-refractivity contribution in [2.45, 2.75) is 31.6 Å². The van der Waals surface area contributed by atoms with Crippen LogP contribution in [0.5, 0.6) is 17.2 Å². The summed E-state index contributed by atoms with van der Waals surface area (Å²) in [6.45, 7) is 2.38. The Morgan fingerprint density at radius 2 is 1.89 bits per heavy atom. The summed E-state index contributed by atoms with van der Waals surface area (Å²) in [5.41, 5.74) is 0.754. The fraction of sp³-hybridized carbons (Fsp3) is 0.579. The van der Waals surface area contributed by atoms with Gasteiger partial charge >= 0.3 is 5.97 Å². The van der Waals surface area contributed by atoms with Crippen LogP contribution in [0.25, 0.3) is 0 Å². The number of thioether (sulfide) groups is 1. The molecule has 1 atom stereocenters. The number of unbranched alkanes of at least 4 members (excludes halogenated alkanes) is 2. The lowest BCUT2D eigenvalue weighted by Gasteiger charge is -2.26. The highest BCUT2D eigenvalue weighted by Gasteiger charge is 2.37. The smallest absolute Gasteiger partial charge is 0.325 e. The van der Waals surface area contributed by atoms with Crippen molar-refractivity contribution in [3.05, 3.63) is 17.7 Å². The monoisotopic (exact) mass is 397 g/mol. The number of methoxy groups -OCH3 is 3. The van der Waals surface area contributed by atoms with E-state index in [0.29, 0.717) is 29.6 Å². The maximum atomic E-state index is 12.3. The molecule has 2 rings (SSSR count). The van der Waals surface area contributed by atoms with Gasteiger partial charge in [-0.25, -0.2) is 0 Å². The maximum Gasteiger partial charge on any atom is 0.325 e. The van der Waals surface area contributed by atoms with Gasteiger partial charge in [-0.05, 0) is 18.6 Å². The molecule has 1 heterocycles. The van der Waals surface area contributed by atoms with Crippen molar-refractivity contribution in [1.29, 1.82) is 0 Å². The quantitative estimate of drug-likeness (QED) is 0.444. The van der Waals surface area contributed by atoms with Crippen LogP contribution in [0.1, 0.15) is 37.1 Å².